The van der Waals surface area contributed by atoms with Crippen molar-refractivity contribution in [3.05, 3.63) is 35.9 Å². The van der Waals surface area contributed by atoms with Gasteiger partial charge in [0.2, 0.25) is 0 Å². The topological polar surface area (TPSA) is 26.0 Å². The molecule has 2 rings (SSSR count). The van der Waals surface area contributed by atoms with Crippen molar-refractivity contribution in [2.45, 2.75) is 19.3 Å². The molecule has 0 saturated heterocycles. The first-order valence-corrected chi connectivity index (χ1v) is 5.14. The van der Waals surface area contributed by atoms with Crippen molar-refractivity contribution in [1.82, 2.24) is 0 Å². The maximum absolute atomic E-state index is 5.68. The Labute approximate surface area is 80.0 Å². The van der Waals surface area contributed by atoms with Gasteiger partial charge in [0.25, 0.3) is 0 Å². The SMILES string of the molecule is NCC1CCC1Cc1ccccc1. The monoisotopic (exact) mass is 175 g/mol. The minimum absolute atomic E-state index is 0.792. The van der Waals surface area contributed by atoms with Crippen LogP contribution in [0.1, 0.15) is 18.4 Å². The number of rotatable bonds is 3. The van der Waals surface area contributed by atoms with E-state index >= 15 is 0 Å². The van der Waals surface area contributed by atoms with Crippen LogP contribution in [0.4, 0.5) is 0 Å². The lowest BCUT2D eigenvalue weighted by Crippen LogP contribution is -2.33. The highest BCUT2D eigenvalue weighted by Crippen LogP contribution is 2.35. The van der Waals surface area contributed by atoms with E-state index in [9.17, 15) is 0 Å². The summed E-state index contributed by atoms with van der Waals surface area (Å²) in [5.74, 6) is 1.65. The van der Waals surface area contributed by atoms with E-state index in [1.54, 1.807) is 0 Å². The molecule has 2 atom stereocenters. The zero-order valence-electron chi connectivity index (χ0n) is 7.95. The summed E-state index contributed by atoms with van der Waals surface area (Å²) in [6, 6.07) is 10.7. The van der Waals surface area contributed by atoms with Crippen LogP contribution in [0.2, 0.25) is 0 Å². The number of hydrogen-bond acceptors (Lipinski definition) is 1. The van der Waals surface area contributed by atoms with Crippen LogP contribution < -0.4 is 5.73 Å². The van der Waals surface area contributed by atoms with Crippen LogP contribution in [0.15, 0.2) is 30.3 Å². The molecule has 1 saturated carbocycles. The van der Waals surface area contributed by atoms with Gasteiger partial charge in [-0.15, -0.1) is 0 Å². The first kappa shape index (κ1) is 8.76. The molecule has 1 aromatic rings. The summed E-state index contributed by atoms with van der Waals surface area (Å²) in [5, 5.41) is 0. The summed E-state index contributed by atoms with van der Waals surface area (Å²) in [7, 11) is 0. The van der Waals surface area contributed by atoms with Crippen molar-refractivity contribution in [3.63, 3.8) is 0 Å². The molecule has 0 aliphatic heterocycles. The molecule has 1 nitrogen and oxygen atoms in total. The quantitative estimate of drug-likeness (QED) is 0.749. The van der Waals surface area contributed by atoms with Gasteiger partial charge in [-0.2, -0.15) is 0 Å². The smallest absolute Gasteiger partial charge is 0.00461 e. The van der Waals surface area contributed by atoms with Gasteiger partial charge < -0.3 is 5.73 Å². The van der Waals surface area contributed by atoms with E-state index in [4.69, 9.17) is 5.73 Å². The highest BCUT2D eigenvalue weighted by molar-refractivity contribution is 5.16. The minimum atomic E-state index is 0.792. The summed E-state index contributed by atoms with van der Waals surface area (Å²) in [6.45, 7) is 0.873. The van der Waals surface area contributed by atoms with Crippen LogP contribution in [-0.2, 0) is 6.42 Å². The molecule has 2 N–H and O–H groups in total. The summed E-state index contributed by atoms with van der Waals surface area (Å²) in [4.78, 5) is 0. The van der Waals surface area contributed by atoms with Crippen LogP contribution >= 0.6 is 0 Å². The number of hydrogen-bond donors (Lipinski definition) is 1. The lowest BCUT2D eigenvalue weighted by atomic mass is 9.71. The van der Waals surface area contributed by atoms with Gasteiger partial charge in [-0.25, -0.2) is 0 Å². The van der Waals surface area contributed by atoms with Crippen molar-refractivity contribution in [1.29, 1.82) is 0 Å². The lowest BCUT2D eigenvalue weighted by molar-refractivity contribution is 0.183. The fourth-order valence-electron chi connectivity index (χ4n) is 2.13. The second-order valence-electron chi connectivity index (χ2n) is 4.02. The normalized spacial score (nSPS) is 26.8. The van der Waals surface area contributed by atoms with Gasteiger partial charge in [0.1, 0.15) is 0 Å². The van der Waals surface area contributed by atoms with Crippen molar-refractivity contribution < 1.29 is 0 Å². The minimum Gasteiger partial charge on any atom is -0.330 e. The van der Waals surface area contributed by atoms with Crippen molar-refractivity contribution >= 4 is 0 Å². The fourth-order valence-corrected chi connectivity index (χ4v) is 2.13. The summed E-state index contributed by atoms with van der Waals surface area (Å²) in [5.41, 5.74) is 7.14. The maximum atomic E-state index is 5.68. The molecule has 0 radical (unpaired) electrons. The molecule has 13 heavy (non-hydrogen) atoms. The molecular weight excluding hydrogens is 158 g/mol. The molecule has 1 aromatic carbocycles. The van der Waals surface area contributed by atoms with E-state index in [-0.39, 0.29) is 0 Å². The molecule has 0 spiro atoms. The van der Waals surface area contributed by atoms with Crippen molar-refractivity contribution in [2.75, 3.05) is 6.54 Å². The Morgan fingerprint density at radius 1 is 1.08 bits per heavy atom. The third-order valence-electron chi connectivity index (χ3n) is 3.22. The molecule has 1 fully saturated rings. The fraction of sp³-hybridized carbons (Fsp3) is 0.500. The standard InChI is InChI=1S/C12H17N/c13-9-12-7-6-11(12)8-10-4-2-1-3-5-10/h1-5,11-12H,6-9,13H2. The van der Waals surface area contributed by atoms with Gasteiger partial charge in [0.15, 0.2) is 0 Å². The van der Waals surface area contributed by atoms with Gasteiger partial charge >= 0.3 is 0 Å². The lowest BCUT2D eigenvalue weighted by Gasteiger charge is -2.35. The Bertz CT molecular complexity index is 253. The van der Waals surface area contributed by atoms with Crippen LogP contribution in [0.5, 0.6) is 0 Å². The van der Waals surface area contributed by atoms with E-state index in [2.05, 4.69) is 30.3 Å². The molecule has 0 amide bonds. The highest BCUT2D eigenvalue weighted by atomic mass is 14.6. The number of benzene rings is 1. The van der Waals surface area contributed by atoms with Crippen molar-refractivity contribution in [3.8, 4) is 0 Å². The molecule has 70 valence electrons. The van der Waals surface area contributed by atoms with E-state index in [1.807, 2.05) is 0 Å². The highest BCUT2D eigenvalue weighted by Gasteiger charge is 2.29. The Morgan fingerprint density at radius 2 is 1.77 bits per heavy atom. The van der Waals surface area contributed by atoms with Crippen LogP contribution in [0.3, 0.4) is 0 Å². The van der Waals surface area contributed by atoms with Gasteiger partial charge in [-0.1, -0.05) is 30.3 Å². The molecule has 1 aliphatic carbocycles. The van der Waals surface area contributed by atoms with Crippen molar-refractivity contribution in [2.24, 2.45) is 17.6 Å². The summed E-state index contributed by atoms with van der Waals surface area (Å²) >= 11 is 0. The van der Waals surface area contributed by atoms with Crippen LogP contribution in [0, 0.1) is 11.8 Å². The third kappa shape index (κ3) is 1.92. The van der Waals surface area contributed by atoms with E-state index < -0.39 is 0 Å². The molecule has 1 heteroatoms. The molecule has 0 heterocycles. The Balaban J connectivity index is 1.92. The average Bonchev–Trinajstić information content (AvgIpc) is 2.15. The largest absolute Gasteiger partial charge is 0.330 e. The Hall–Kier alpha value is -0.820. The second-order valence-corrected chi connectivity index (χ2v) is 4.02. The number of nitrogens with two attached hydrogens (primary N) is 1. The zero-order chi connectivity index (χ0) is 9.10. The Morgan fingerprint density at radius 3 is 2.31 bits per heavy atom. The summed E-state index contributed by atoms with van der Waals surface area (Å²) < 4.78 is 0. The Kier molecular flexibility index (Phi) is 2.65. The van der Waals surface area contributed by atoms with Gasteiger partial charge in [-0.3, -0.25) is 0 Å². The van der Waals surface area contributed by atoms with Crippen LogP contribution in [-0.4, -0.2) is 6.54 Å². The molecule has 1 aliphatic rings. The van der Waals surface area contributed by atoms with Gasteiger partial charge in [0.05, 0.1) is 0 Å². The van der Waals surface area contributed by atoms with Crippen LogP contribution in [0.25, 0.3) is 0 Å². The molecule has 0 bridgehead atoms. The first-order chi connectivity index (χ1) is 6.40. The predicted molar refractivity (Wildman–Crippen MR) is 55.4 cm³/mol. The maximum Gasteiger partial charge on any atom is -0.00461 e. The van der Waals surface area contributed by atoms with Gasteiger partial charge in [0, 0.05) is 0 Å². The van der Waals surface area contributed by atoms with E-state index in [0.717, 1.165) is 18.4 Å². The third-order valence-corrected chi connectivity index (χ3v) is 3.22. The zero-order valence-corrected chi connectivity index (χ0v) is 7.95. The van der Waals surface area contributed by atoms with E-state index in [0.29, 0.717) is 0 Å². The van der Waals surface area contributed by atoms with E-state index in [1.165, 1.54) is 24.8 Å². The second kappa shape index (κ2) is 3.93. The molecule has 2 unspecified atom stereocenters. The van der Waals surface area contributed by atoms with Gasteiger partial charge in [-0.05, 0) is 43.2 Å². The molecular formula is C12H17N. The molecule has 0 aromatic heterocycles. The predicted octanol–water partition coefficient (Wildman–Crippen LogP) is 2.21. The summed E-state index contributed by atoms with van der Waals surface area (Å²) in [6.07, 6.45) is 3.94. The first-order valence-electron chi connectivity index (χ1n) is 5.14. The average molecular weight is 175 g/mol.